The Morgan fingerprint density at radius 1 is 1.15 bits per heavy atom. The van der Waals surface area contributed by atoms with Gasteiger partial charge in [0.05, 0.1) is 14.2 Å². The molecular weight excluding hydrogens is 191 g/mol. The van der Waals surface area contributed by atoms with E-state index in [0.29, 0.717) is 17.2 Å². The molecule has 1 rings (SSSR count). The van der Waals surface area contributed by atoms with Crippen molar-refractivity contribution in [2.24, 2.45) is 0 Å². The van der Waals surface area contributed by atoms with Crippen molar-refractivity contribution in [3.8, 4) is 17.2 Å². The molecule has 70 valence electrons. The highest BCUT2D eigenvalue weighted by Crippen LogP contribution is 2.37. The summed E-state index contributed by atoms with van der Waals surface area (Å²) < 4.78 is 25.0. The first-order chi connectivity index (χ1) is 6.33. The van der Waals surface area contributed by atoms with Crippen LogP contribution in [-0.2, 0) is 4.57 Å². The fraction of sp³-hybridized carbons (Fsp3) is 0.250. The zero-order valence-electron chi connectivity index (χ0n) is 7.31. The van der Waals surface area contributed by atoms with Crippen molar-refractivity contribution < 1.29 is 18.6 Å². The highest BCUT2D eigenvalue weighted by atomic mass is 31.1. The summed E-state index contributed by atoms with van der Waals surface area (Å²) in [6.45, 7) is 0. The van der Waals surface area contributed by atoms with E-state index in [9.17, 15) is 4.57 Å². The van der Waals surface area contributed by atoms with Crippen molar-refractivity contribution in [3.05, 3.63) is 18.2 Å². The van der Waals surface area contributed by atoms with Crippen LogP contribution in [0.25, 0.3) is 0 Å². The highest BCUT2D eigenvalue weighted by Gasteiger charge is 2.10. The van der Waals surface area contributed by atoms with Crippen LogP contribution in [0.3, 0.4) is 0 Å². The molecule has 0 aliphatic heterocycles. The van der Waals surface area contributed by atoms with Crippen LogP contribution < -0.4 is 14.0 Å². The van der Waals surface area contributed by atoms with Crippen molar-refractivity contribution in [3.63, 3.8) is 0 Å². The van der Waals surface area contributed by atoms with Gasteiger partial charge in [-0.15, -0.1) is 0 Å². The van der Waals surface area contributed by atoms with Crippen molar-refractivity contribution in [1.82, 2.24) is 0 Å². The van der Waals surface area contributed by atoms with E-state index in [4.69, 9.17) is 14.0 Å². The first-order valence-corrected chi connectivity index (χ1v) is 4.27. The molecule has 0 fully saturated rings. The van der Waals surface area contributed by atoms with Crippen LogP contribution in [0.1, 0.15) is 0 Å². The van der Waals surface area contributed by atoms with Crippen molar-refractivity contribution >= 4 is 8.69 Å². The Bertz CT molecular complexity index is 300. The van der Waals surface area contributed by atoms with Crippen LogP contribution in [-0.4, -0.2) is 14.2 Å². The maximum absolute atomic E-state index is 10.2. The molecule has 0 radical (unpaired) electrons. The molecule has 0 atom stereocenters. The Labute approximate surface area is 77.7 Å². The van der Waals surface area contributed by atoms with Gasteiger partial charge < -0.3 is 14.0 Å². The van der Waals surface area contributed by atoms with E-state index in [1.165, 1.54) is 14.2 Å². The van der Waals surface area contributed by atoms with Crippen LogP contribution in [0.2, 0.25) is 0 Å². The third-order valence-corrected chi connectivity index (χ3v) is 1.77. The van der Waals surface area contributed by atoms with Gasteiger partial charge in [-0.05, 0) is 12.1 Å². The van der Waals surface area contributed by atoms with E-state index in [1.807, 2.05) is 0 Å². The molecule has 0 heterocycles. The molecule has 1 aromatic carbocycles. The lowest BCUT2D eigenvalue weighted by atomic mass is 10.3. The molecule has 0 saturated carbocycles. The predicted molar refractivity (Wildman–Crippen MR) is 47.8 cm³/mol. The van der Waals surface area contributed by atoms with Gasteiger partial charge >= 0.3 is 8.69 Å². The monoisotopic (exact) mass is 200 g/mol. The molecule has 0 saturated heterocycles. The van der Waals surface area contributed by atoms with Gasteiger partial charge in [0.1, 0.15) is 0 Å². The average molecular weight is 200 g/mol. The first kappa shape index (κ1) is 9.81. The lowest BCUT2D eigenvalue weighted by Gasteiger charge is -2.09. The van der Waals surface area contributed by atoms with Gasteiger partial charge in [0.25, 0.3) is 0 Å². The summed E-state index contributed by atoms with van der Waals surface area (Å²) in [7, 11) is 2.60. The number of hydrogen-bond acceptors (Lipinski definition) is 4. The quantitative estimate of drug-likeness (QED) is 0.699. The fourth-order valence-corrected chi connectivity index (χ4v) is 1.19. The summed E-state index contributed by atoms with van der Waals surface area (Å²) in [5.74, 6) is 1.37. The number of rotatable bonds is 4. The number of para-hydroxylation sites is 1. The van der Waals surface area contributed by atoms with Crippen LogP contribution in [0.4, 0.5) is 0 Å². The van der Waals surface area contributed by atoms with Gasteiger partial charge in [-0.3, -0.25) is 0 Å². The Morgan fingerprint density at radius 3 is 2.38 bits per heavy atom. The highest BCUT2D eigenvalue weighted by molar-refractivity contribution is 7.17. The minimum atomic E-state index is -0.418. The van der Waals surface area contributed by atoms with E-state index in [2.05, 4.69) is 0 Å². The summed E-state index contributed by atoms with van der Waals surface area (Å²) in [5.41, 5.74) is 0. The second-order valence-electron chi connectivity index (χ2n) is 2.16. The summed E-state index contributed by atoms with van der Waals surface area (Å²) in [6.07, 6.45) is 0. The number of benzene rings is 1. The predicted octanol–water partition coefficient (Wildman–Crippen LogP) is 2.29. The maximum atomic E-state index is 10.2. The second kappa shape index (κ2) is 4.67. The molecule has 0 N–H and O–H groups in total. The largest absolute Gasteiger partial charge is 0.493 e. The first-order valence-electron chi connectivity index (χ1n) is 3.54. The molecule has 0 spiro atoms. The molecule has 0 amide bonds. The smallest absolute Gasteiger partial charge is 0.395 e. The Kier molecular flexibility index (Phi) is 3.53. The minimum absolute atomic E-state index is 0.388. The van der Waals surface area contributed by atoms with E-state index in [-0.39, 0.29) is 0 Å². The van der Waals surface area contributed by atoms with Crippen molar-refractivity contribution in [2.45, 2.75) is 0 Å². The number of ether oxygens (including phenoxy) is 2. The van der Waals surface area contributed by atoms with E-state index < -0.39 is 8.69 Å². The Hall–Kier alpha value is -1.28. The SMILES string of the molecule is COc1cccc(OP=O)c1OC. The maximum Gasteiger partial charge on any atom is 0.395 e. The number of methoxy groups -OCH3 is 2. The van der Waals surface area contributed by atoms with Crippen LogP contribution in [0.15, 0.2) is 18.2 Å². The Morgan fingerprint density at radius 2 is 1.85 bits per heavy atom. The van der Waals surface area contributed by atoms with Gasteiger partial charge in [-0.2, -0.15) is 0 Å². The molecule has 0 aliphatic carbocycles. The number of hydrogen-bond donors (Lipinski definition) is 0. The fourth-order valence-electron chi connectivity index (χ4n) is 0.970. The summed E-state index contributed by atoms with van der Waals surface area (Å²) >= 11 is 0. The molecule has 0 bridgehead atoms. The van der Waals surface area contributed by atoms with Gasteiger partial charge in [-0.1, -0.05) is 6.07 Å². The van der Waals surface area contributed by atoms with Gasteiger partial charge in [0.15, 0.2) is 11.5 Å². The zero-order chi connectivity index (χ0) is 9.68. The summed E-state index contributed by atoms with van der Waals surface area (Å²) in [6, 6.07) is 5.10. The second-order valence-corrected chi connectivity index (χ2v) is 2.49. The van der Waals surface area contributed by atoms with E-state index in [1.54, 1.807) is 18.2 Å². The average Bonchev–Trinajstić information content (AvgIpc) is 2.18. The third-order valence-electron chi connectivity index (χ3n) is 1.50. The summed E-state index contributed by atoms with van der Waals surface area (Å²) in [5, 5.41) is 0. The third kappa shape index (κ3) is 2.10. The molecule has 5 heteroatoms. The lowest BCUT2D eigenvalue weighted by molar-refractivity contribution is 0.344. The normalized spacial score (nSPS) is 9.69. The molecule has 0 aromatic heterocycles. The summed E-state index contributed by atoms with van der Waals surface area (Å²) in [4.78, 5) is 0. The lowest BCUT2D eigenvalue weighted by Crippen LogP contribution is -1.91. The molecule has 4 nitrogen and oxygen atoms in total. The van der Waals surface area contributed by atoms with Gasteiger partial charge in [-0.25, -0.2) is 4.57 Å². The van der Waals surface area contributed by atoms with Crippen LogP contribution >= 0.6 is 8.69 Å². The van der Waals surface area contributed by atoms with Crippen LogP contribution in [0, 0.1) is 0 Å². The van der Waals surface area contributed by atoms with E-state index in [0.717, 1.165) is 0 Å². The molecule has 13 heavy (non-hydrogen) atoms. The minimum Gasteiger partial charge on any atom is -0.493 e. The van der Waals surface area contributed by atoms with Crippen molar-refractivity contribution in [2.75, 3.05) is 14.2 Å². The van der Waals surface area contributed by atoms with Gasteiger partial charge in [0.2, 0.25) is 5.75 Å². The van der Waals surface area contributed by atoms with E-state index >= 15 is 0 Å². The molecular formula is C8H9O4P. The standard InChI is InChI=1S/C8H9O4P/c1-10-6-4-3-5-7(12-13-9)8(6)11-2/h3-5H,1-2H3. The van der Waals surface area contributed by atoms with Crippen molar-refractivity contribution in [1.29, 1.82) is 0 Å². The zero-order valence-corrected chi connectivity index (χ0v) is 8.21. The topological polar surface area (TPSA) is 44.8 Å². The Balaban J connectivity index is 3.10. The molecule has 0 unspecified atom stereocenters. The van der Waals surface area contributed by atoms with Crippen LogP contribution in [0.5, 0.6) is 17.2 Å². The molecule has 0 aliphatic rings. The van der Waals surface area contributed by atoms with Gasteiger partial charge in [0, 0.05) is 0 Å². The molecule has 1 aromatic rings.